The normalized spacial score (nSPS) is 21.2. The van der Waals surface area contributed by atoms with E-state index in [9.17, 15) is 9.59 Å². The van der Waals surface area contributed by atoms with E-state index < -0.39 is 0 Å². The number of allylic oxidation sites excluding steroid dienone is 1. The summed E-state index contributed by atoms with van der Waals surface area (Å²) in [6, 6.07) is 8.89. The molecule has 11 heteroatoms. The molecule has 1 aromatic carbocycles. The zero-order valence-corrected chi connectivity index (χ0v) is 25.9. The number of anilines is 1. The number of aromatic nitrogens is 1. The number of hydrogen-bond donors (Lipinski definition) is 2. The number of amidine groups is 1. The van der Waals surface area contributed by atoms with Gasteiger partial charge in [-0.05, 0) is 75.7 Å². The third-order valence-electron chi connectivity index (χ3n) is 7.96. The second-order valence-electron chi connectivity index (χ2n) is 11.4. The summed E-state index contributed by atoms with van der Waals surface area (Å²) in [5.74, 6) is 8.07. The smallest absolute Gasteiger partial charge is 0.265 e. The van der Waals surface area contributed by atoms with Crippen molar-refractivity contribution in [1.29, 1.82) is 0 Å². The number of nitrogens with zero attached hydrogens (tertiary/aromatic N) is 6. The molecule has 44 heavy (non-hydrogen) atoms. The molecule has 1 aromatic heterocycles. The molecule has 2 amide bonds. The molecular weight excluding hydrogens is 556 g/mol. The van der Waals surface area contributed by atoms with Gasteiger partial charge in [0.1, 0.15) is 23.5 Å². The minimum Gasteiger partial charge on any atom is -0.496 e. The SMILES string of the molecule is CCCc1ccnc(NC(=O)c2ccc(C3=NC(C4CCCCN4C(=O)/C=C/CN(C)C)=C4C=NC=C[N+]34N)cc2OC)c1. The third kappa shape index (κ3) is 6.40. The number of likely N-dealkylation sites (N-methyl/N-ethyl adjacent to an activating group) is 1. The highest BCUT2D eigenvalue weighted by Crippen LogP contribution is 2.37. The van der Waals surface area contributed by atoms with Crippen LogP contribution in [0, 0.1) is 0 Å². The molecule has 1 saturated heterocycles. The van der Waals surface area contributed by atoms with Crippen LogP contribution in [0.4, 0.5) is 5.82 Å². The van der Waals surface area contributed by atoms with Gasteiger partial charge in [0.15, 0.2) is 0 Å². The van der Waals surface area contributed by atoms with Gasteiger partial charge in [-0.3, -0.25) is 14.6 Å². The molecule has 0 radical (unpaired) electrons. The fraction of sp³-hybridized carbons (Fsp3) is 0.364. The average Bonchev–Trinajstić information content (AvgIpc) is 3.33. The first kappa shape index (κ1) is 31.0. The number of methoxy groups -OCH3 is 1. The standard InChI is InChI=1S/C33H40N8O3/c1-5-9-23-14-15-36-29(20-23)37-33(43)25-13-12-24(21-28(25)44-4)32-38-31(27-22-35-16-19-41(27,32)34)26-10-6-7-18-40(26)30(42)11-8-17-39(2)3/h8,11-16,19-22,26H,5-7,9-10,17-18,34H2,1-4H3/p+1/b11-8+. The van der Waals surface area contributed by atoms with Gasteiger partial charge < -0.3 is 19.9 Å². The van der Waals surface area contributed by atoms with Crippen molar-refractivity contribution in [2.45, 2.75) is 45.1 Å². The van der Waals surface area contributed by atoms with Crippen LogP contribution in [-0.2, 0) is 11.2 Å². The quantitative estimate of drug-likeness (QED) is 0.242. The molecule has 0 saturated carbocycles. The summed E-state index contributed by atoms with van der Waals surface area (Å²) in [6.07, 6.45) is 15.0. The highest BCUT2D eigenvalue weighted by Gasteiger charge is 2.47. The lowest BCUT2D eigenvalue weighted by Crippen LogP contribution is -2.53. The van der Waals surface area contributed by atoms with Crippen LogP contribution in [-0.4, -0.2) is 83.6 Å². The Labute approximate surface area is 258 Å². The lowest BCUT2D eigenvalue weighted by atomic mass is 9.98. The van der Waals surface area contributed by atoms with Crippen LogP contribution in [0.5, 0.6) is 5.75 Å². The molecule has 3 aliphatic rings. The number of rotatable bonds is 10. The average molecular weight is 598 g/mol. The van der Waals surface area contributed by atoms with Gasteiger partial charge in [-0.1, -0.05) is 19.4 Å². The van der Waals surface area contributed by atoms with Gasteiger partial charge in [0.05, 0.1) is 36.7 Å². The van der Waals surface area contributed by atoms with E-state index in [-0.39, 0.29) is 22.4 Å². The van der Waals surface area contributed by atoms with E-state index in [1.54, 1.807) is 43.0 Å². The van der Waals surface area contributed by atoms with Crippen LogP contribution in [0.25, 0.3) is 0 Å². The molecule has 2 aromatic rings. The first-order valence-electron chi connectivity index (χ1n) is 15.0. The molecule has 0 aliphatic carbocycles. The van der Waals surface area contributed by atoms with Crippen molar-refractivity contribution in [1.82, 2.24) is 14.8 Å². The van der Waals surface area contributed by atoms with Gasteiger partial charge in [0.2, 0.25) is 11.6 Å². The largest absolute Gasteiger partial charge is 0.496 e. The lowest BCUT2D eigenvalue weighted by Gasteiger charge is -2.35. The number of nitrogens with one attached hydrogen (secondary N) is 1. The number of pyridine rings is 1. The second kappa shape index (κ2) is 13.5. The zero-order chi connectivity index (χ0) is 31.3. The number of likely N-dealkylation sites (tertiary alicyclic amines) is 1. The number of aryl methyl sites for hydroxylation is 1. The highest BCUT2D eigenvalue weighted by atomic mass is 16.5. The summed E-state index contributed by atoms with van der Waals surface area (Å²) in [6.45, 7) is 3.43. The van der Waals surface area contributed by atoms with Gasteiger partial charge in [0, 0.05) is 25.4 Å². The monoisotopic (exact) mass is 597 g/mol. The number of aliphatic imine (C=N–C) groups is 2. The van der Waals surface area contributed by atoms with Crippen molar-refractivity contribution in [3.05, 3.63) is 89.2 Å². The van der Waals surface area contributed by atoms with Gasteiger partial charge in [0.25, 0.3) is 11.7 Å². The molecule has 1 fully saturated rings. The number of nitrogens with two attached hydrogens (primary N) is 1. The van der Waals surface area contributed by atoms with Gasteiger partial charge in [-0.2, -0.15) is 10.8 Å². The van der Waals surface area contributed by atoms with Crippen LogP contribution < -0.4 is 15.9 Å². The number of ether oxygens (including phenoxy) is 1. The maximum absolute atomic E-state index is 13.3. The topological polar surface area (TPSA) is 126 Å². The summed E-state index contributed by atoms with van der Waals surface area (Å²) in [5, 5.41) is 2.89. The Morgan fingerprint density at radius 3 is 2.84 bits per heavy atom. The minimum absolute atomic E-state index is 0.0431. The maximum Gasteiger partial charge on any atom is 0.265 e. The molecule has 4 heterocycles. The molecule has 0 bridgehead atoms. The molecule has 2 atom stereocenters. The number of hydrogen-bond acceptors (Lipinski definition) is 8. The Kier molecular flexibility index (Phi) is 9.48. The molecular formula is C33H41N8O3+. The number of benzene rings is 1. The maximum atomic E-state index is 13.3. The predicted octanol–water partition coefficient (Wildman–Crippen LogP) is 4.01. The summed E-state index contributed by atoms with van der Waals surface area (Å²) < 4.78 is 5.48. The van der Waals surface area contributed by atoms with Crippen molar-refractivity contribution in [3.8, 4) is 5.75 Å². The summed E-state index contributed by atoms with van der Waals surface area (Å²) >= 11 is 0. The minimum atomic E-state index is -0.331. The molecule has 230 valence electrons. The molecule has 0 spiro atoms. The predicted molar refractivity (Wildman–Crippen MR) is 172 cm³/mol. The first-order chi connectivity index (χ1) is 21.2. The van der Waals surface area contributed by atoms with Crippen LogP contribution in [0.1, 0.15) is 54.1 Å². The summed E-state index contributed by atoms with van der Waals surface area (Å²) in [5.41, 5.74) is 3.60. The summed E-state index contributed by atoms with van der Waals surface area (Å²) in [7, 11) is 5.45. The van der Waals surface area contributed by atoms with Crippen LogP contribution >= 0.6 is 0 Å². The Hall–Kier alpha value is -4.45. The Morgan fingerprint density at radius 2 is 2.07 bits per heavy atom. The summed E-state index contributed by atoms with van der Waals surface area (Å²) in [4.78, 5) is 44.3. The van der Waals surface area contributed by atoms with Gasteiger partial charge in [-0.15, -0.1) is 4.59 Å². The van der Waals surface area contributed by atoms with Crippen molar-refractivity contribution in [2.75, 3.05) is 39.6 Å². The number of quaternary nitrogens is 1. The third-order valence-corrected chi connectivity index (χ3v) is 7.96. The van der Waals surface area contributed by atoms with Gasteiger partial charge >= 0.3 is 0 Å². The molecule has 5 rings (SSSR count). The fourth-order valence-electron chi connectivity index (χ4n) is 5.78. The van der Waals surface area contributed by atoms with Crippen LogP contribution in [0.15, 0.2) is 82.5 Å². The number of carbonyl (C=O) groups excluding carboxylic acids is 2. The number of carbonyl (C=O) groups is 2. The van der Waals surface area contributed by atoms with Crippen molar-refractivity contribution in [3.63, 3.8) is 0 Å². The first-order valence-corrected chi connectivity index (χ1v) is 15.0. The van der Waals surface area contributed by atoms with E-state index in [1.807, 2.05) is 48.2 Å². The van der Waals surface area contributed by atoms with E-state index in [4.69, 9.17) is 15.6 Å². The number of piperidine rings is 1. The van der Waals surface area contributed by atoms with Crippen molar-refractivity contribution in [2.24, 2.45) is 15.8 Å². The van der Waals surface area contributed by atoms with Crippen molar-refractivity contribution < 1.29 is 18.9 Å². The Bertz CT molecular complexity index is 1570. The van der Waals surface area contributed by atoms with E-state index in [1.165, 1.54) is 7.11 Å². The lowest BCUT2D eigenvalue weighted by molar-refractivity contribution is -0.750. The van der Waals surface area contributed by atoms with Crippen LogP contribution in [0.3, 0.4) is 0 Å². The van der Waals surface area contributed by atoms with Crippen LogP contribution in [0.2, 0.25) is 0 Å². The van der Waals surface area contributed by atoms with E-state index >= 15 is 0 Å². The van der Waals surface area contributed by atoms with E-state index in [2.05, 4.69) is 22.2 Å². The molecule has 11 nitrogen and oxygen atoms in total. The number of fused-ring (bicyclic) bond motifs is 1. The Morgan fingerprint density at radius 1 is 1.23 bits per heavy atom. The fourth-order valence-corrected chi connectivity index (χ4v) is 5.78. The van der Waals surface area contributed by atoms with E-state index in [0.29, 0.717) is 47.3 Å². The highest BCUT2D eigenvalue weighted by molar-refractivity contribution is 6.07. The van der Waals surface area contributed by atoms with E-state index in [0.717, 1.165) is 43.4 Å². The zero-order valence-electron chi connectivity index (χ0n) is 25.9. The van der Waals surface area contributed by atoms with Crippen molar-refractivity contribution >= 4 is 29.7 Å². The number of amides is 2. The molecule has 3 N–H and O–H groups in total. The Balaban J connectivity index is 1.46. The molecule has 2 unspecified atom stereocenters. The second-order valence-corrected chi connectivity index (χ2v) is 11.4. The van der Waals surface area contributed by atoms with Gasteiger partial charge in [-0.25, -0.2) is 4.98 Å². The molecule has 3 aliphatic heterocycles.